The van der Waals surface area contributed by atoms with Gasteiger partial charge in [-0.3, -0.25) is 38.6 Å². The molecule has 1 atom stereocenters. The van der Waals surface area contributed by atoms with Gasteiger partial charge in [0.05, 0.1) is 41.9 Å². The number of benzene rings is 2. The van der Waals surface area contributed by atoms with E-state index in [-0.39, 0.29) is 48.3 Å². The Hall–Kier alpha value is -3.19. The Morgan fingerprint density at radius 1 is 0.771 bits per heavy atom. The van der Waals surface area contributed by atoms with Gasteiger partial charge in [0.1, 0.15) is 11.7 Å². The lowest BCUT2D eigenvalue weighted by Gasteiger charge is -2.18. The van der Waals surface area contributed by atoms with Crippen molar-refractivity contribution in [1.29, 1.82) is 0 Å². The molecule has 2 aromatic carbocycles. The molecule has 0 N–H and O–H groups in total. The Balaban J connectivity index is 0.000000361. The van der Waals surface area contributed by atoms with Crippen LogP contribution >= 0.6 is 53.2 Å². The molecule has 3 aliphatic rings. The molecular formula is C33H38BrI2N3O9. The molecule has 4 amide bonds. The van der Waals surface area contributed by atoms with E-state index in [1.807, 2.05) is 6.92 Å². The van der Waals surface area contributed by atoms with Crippen LogP contribution < -0.4 is 0 Å². The van der Waals surface area contributed by atoms with Crippen LogP contribution in [0.2, 0.25) is 0 Å². The molecule has 3 aliphatic heterocycles. The number of nitrogens with zero attached hydrogens (tertiary/aromatic N) is 3. The summed E-state index contributed by atoms with van der Waals surface area (Å²) in [5.74, 6) is -4.07. The van der Waals surface area contributed by atoms with Crippen LogP contribution in [0.1, 0.15) is 75.5 Å². The fraction of sp³-hybridized carbons (Fsp3) is 0.364. The fourth-order valence-electron chi connectivity index (χ4n) is 4.84. The van der Waals surface area contributed by atoms with Crippen molar-refractivity contribution in [3.05, 3.63) is 82.6 Å². The van der Waals surface area contributed by atoms with Crippen molar-refractivity contribution in [3.8, 4) is 0 Å². The Kier molecular flexibility index (Phi) is 18.8. The Morgan fingerprint density at radius 3 is 1.50 bits per heavy atom. The van der Waals surface area contributed by atoms with Gasteiger partial charge in [-0.25, -0.2) is 4.79 Å². The number of rotatable bonds is 7. The first kappa shape index (κ1) is 42.8. The van der Waals surface area contributed by atoms with Crippen molar-refractivity contribution in [3.63, 3.8) is 0 Å². The van der Waals surface area contributed by atoms with Crippen molar-refractivity contribution in [2.24, 2.45) is 5.92 Å². The van der Waals surface area contributed by atoms with E-state index in [4.69, 9.17) is 0 Å². The maximum absolute atomic E-state index is 12.1. The number of esters is 2. The largest absolute Gasteiger partial charge is 0.468 e. The number of ether oxygens (including phenoxy) is 2. The maximum Gasteiger partial charge on any atom is 0.332 e. The monoisotopic (exact) mass is 953 g/mol. The number of imide groups is 2. The predicted octanol–water partition coefficient (Wildman–Crippen LogP) is 5.86. The normalized spacial score (nSPS) is 15.0. The molecule has 12 nitrogen and oxygen atoms in total. The molecule has 0 bridgehead atoms. The van der Waals surface area contributed by atoms with Gasteiger partial charge in [0.15, 0.2) is 0 Å². The van der Waals surface area contributed by atoms with Gasteiger partial charge >= 0.3 is 11.9 Å². The highest BCUT2D eigenvalue weighted by Gasteiger charge is 2.39. The zero-order valence-electron chi connectivity index (χ0n) is 26.2. The summed E-state index contributed by atoms with van der Waals surface area (Å²) in [5, 5.41) is 0. The summed E-state index contributed by atoms with van der Waals surface area (Å²) >= 11 is 7.34. The van der Waals surface area contributed by atoms with Gasteiger partial charge in [0.2, 0.25) is 0 Å². The van der Waals surface area contributed by atoms with Crippen LogP contribution in [0.15, 0.2) is 60.3 Å². The number of hydrogen-bond donors (Lipinski definition) is 0. The lowest BCUT2D eigenvalue weighted by molar-refractivity contribution is -0.149. The molecular weight excluding hydrogens is 916 g/mol. The highest BCUT2D eigenvalue weighted by atomic mass is 128. The number of hydrogen-bond acceptors (Lipinski definition) is 10. The number of amides is 4. The first-order valence-electron chi connectivity index (χ1n) is 14.2. The third kappa shape index (κ3) is 10.7. The molecule has 1 fully saturated rings. The Bertz CT molecular complexity index is 1470. The van der Waals surface area contributed by atoms with Crippen molar-refractivity contribution in [1.82, 2.24) is 14.7 Å². The number of Topliss-reactive ketones (excluding diaryl/α,β-unsaturated/α-hetero) is 1. The minimum atomic E-state index is -1.15. The molecule has 48 heavy (non-hydrogen) atoms. The van der Waals surface area contributed by atoms with Crippen LogP contribution in [-0.2, 0) is 23.9 Å². The SMILES string of the molecule is C.COC(=O)/C=C(/C)N1CCCC1.COC(=O)C(CN1C(=O)c2ccccc2C1=O)C(C)=O.II.O=C1c2ccccc2C(=O)N1CBr. The number of likely N-dealkylation sites (tertiary alicyclic amines) is 1. The van der Waals surface area contributed by atoms with Gasteiger partial charge < -0.3 is 14.4 Å². The summed E-state index contributed by atoms with van der Waals surface area (Å²) in [4.78, 5) is 85.4. The quantitative estimate of drug-likeness (QED) is 0.0629. The fourth-order valence-corrected chi connectivity index (χ4v) is 5.29. The first-order valence-corrected chi connectivity index (χ1v) is 21.6. The van der Waals surface area contributed by atoms with E-state index in [1.54, 1.807) is 42.5 Å². The van der Waals surface area contributed by atoms with Gasteiger partial charge in [0.25, 0.3) is 23.6 Å². The molecule has 1 saturated heterocycles. The molecule has 0 spiro atoms. The second-order valence-corrected chi connectivity index (χ2v) is 10.7. The number of ketones is 1. The highest BCUT2D eigenvalue weighted by molar-refractivity contribution is 15.0. The summed E-state index contributed by atoms with van der Waals surface area (Å²) in [7, 11) is 2.55. The standard InChI is InChI=1S/C14H13NO5.C9H6BrNO2.C9H15NO2.CH4.I2/c1-8(16)11(14(19)20-2)7-15-12(17)9-5-3-4-6-10(9)13(15)18;10-5-11-8(12)6-3-1-2-4-7(6)9(11)13;1-8(7-9(11)12-2)10-5-3-4-6-10;;1-2/h3-6,11H,7H2,1-2H3;1-4H,5H2;7H,3-6H2,1-2H3;1H4;/b;;8-7-;;. The zero-order chi connectivity index (χ0) is 35.3. The van der Waals surface area contributed by atoms with Gasteiger partial charge in [-0.1, -0.05) is 47.6 Å². The number of methoxy groups -OCH3 is 2. The van der Waals surface area contributed by atoms with E-state index in [0.717, 1.165) is 30.8 Å². The first-order chi connectivity index (χ1) is 22.5. The molecule has 0 aromatic heterocycles. The molecule has 0 radical (unpaired) electrons. The number of allylic oxidation sites excluding steroid dienone is 1. The maximum atomic E-state index is 12.1. The van der Waals surface area contributed by atoms with Crippen molar-refractivity contribution in [2.45, 2.75) is 34.1 Å². The van der Waals surface area contributed by atoms with E-state index < -0.39 is 29.5 Å². The molecule has 1 unspecified atom stereocenters. The van der Waals surface area contributed by atoms with Crippen LogP contribution in [0.25, 0.3) is 0 Å². The second-order valence-electron chi connectivity index (χ2n) is 10.2. The summed E-state index contributed by atoms with van der Waals surface area (Å²) < 4.78 is 9.06. The Labute approximate surface area is 312 Å². The summed E-state index contributed by atoms with van der Waals surface area (Å²) in [5.41, 5.74) is 2.81. The van der Waals surface area contributed by atoms with E-state index >= 15 is 0 Å². The molecule has 5 rings (SSSR count). The lowest BCUT2D eigenvalue weighted by atomic mass is 10.1. The molecule has 3 heterocycles. The van der Waals surface area contributed by atoms with Gasteiger partial charge in [-0.2, -0.15) is 0 Å². The van der Waals surface area contributed by atoms with Gasteiger partial charge in [-0.15, -0.1) is 0 Å². The van der Waals surface area contributed by atoms with Crippen molar-refractivity contribution >= 4 is 94.5 Å². The predicted molar refractivity (Wildman–Crippen MR) is 200 cm³/mol. The Morgan fingerprint density at radius 2 is 1.17 bits per heavy atom. The molecule has 15 heteroatoms. The second kappa shape index (κ2) is 21.0. The van der Waals surface area contributed by atoms with Gasteiger partial charge in [0, 0.05) is 68.6 Å². The molecule has 0 aliphatic carbocycles. The average molecular weight is 954 g/mol. The number of halogens is 3. The zero-order valence-corrected chi connectivity index (χ0v) is 32.1. The number of carbonyl (C=O) groups is 7. The van der Waals surface area contributed by atoms with Crippen LogP contribution in [0.4, 0.5) is 0 Å². The van der Waals surface area contributed by atoms with E-state index in [2.05, 4.69) is 67.5 Å². The number of fused-ring (bicyclic) bond motifs is 2. The van der Waals surface area contributed by atoms with Crippen molar-refractivity contribution < 1.29 is 43.0 Å². The van der Waals surface area contributed by atoms with Crippen LogP contribution in [0.3, 0.4) is 0 Å². The molecule has 0 saturated carbocycles. The number of carbonyl (C=O) groups excluding carboxylic acids is 7. The minimum Gasteiger partial charge on any atom is -0.468 e. The van der Waals surface area contributed by atoms with Crippen LogP contribution in [-0.4, -0.2) is 95.4 Å². The minimum absolute atomic E-state index is 0. The van der Waals surface area contributed by atoms with Crippen LogP contribution in [0.5, 0.6) is 0 Å². The van der Waals surface area contributed by atoms with E-state index in [1.165, 1.54) is 43.9 Å². The molecule has 260 valence electrons. The van der Waals surface area contributed by atoms with Crippen molar-refractivity contribution in [2.75, 3.05) is 39.3 Å². The molecule has 2 aromatic rings. The average Bonchev–Trinajstić information content (AvgIpc) is 3.78. The third-order valence-corrected chi connectivity index (χ3v) is 7.85. The lowest BCUT2D eigenvalue weighted by Crippen LogP contribution is -2.40. The number of alkyl halides is 1. The third-order valence-electron chi connectivity index (χ3n) is 7.35. The van der Waals surface area contributed by atoms with E-state index in [9.17, 15) is 33.6 Å². The summed E-state index contributed by atoms with van der Waals surface area (Å²) in [6.45, 7) is 5.01. The van der Waals surface area contributed by atoms with Gasteiger partial charge in [-0.05, 0) is 51.0 Å². The topological polar surface area (TPSA) is 148 Å². The summed E-state index contributed by atoms with van der Waals surface area (Å²) in [6, 6.07) is 13.2. The summed E-state index contributed by atoms with van der Waals surface area (Å²) in [6.07, 6.45) is 4.00. The van der Waals surface area contributed by atoms with E-state index in [0.29, 0.717) is 11.1 Å². The van der Waals surface area contributed by atoms with Crippen LogP contribution in [0, 0.1) is 5.92 Å². The highest BCUT2D eigenvalue weighted by Crippen LogP contribution is 2.24. The smallest absolute Gasteiger partial charge is 0.332 e.